The van der Waals surface area contributed by atoms with Gasteiger partial charge in [-0.2, -0.15) is 0 Å². The van der Waals surface area contributed by atoms with Gasteiger partial charge < -0.3 is 20.2 Å². The van der Waals surface area contributed by atoms with Crippen LogP contribution >= 0.6 is 0 Å². The molecule has 6 rings (SSSR count). The molecule has 6 heteroatoms. The first-order valence-electron chi connectivity index (χ1n) is 11.4. The summed E-state index contributed by atoms with van der Waals surface area (Å²) in [4.78, 5) is 17.3. The fourth-order valence-electron chi connectivity index (χ4n) is 5.16. The zero-order valence-corrected chi connectivity index (χ0v) is 19.3. The third-order valence-corrected chi connectivity index (χ3v) is 6.86. The normalized spacial score (nSPS) is 17.5. The summed E-state index contributed by atoms with van der Waals surface area (Å²) in [5.41, 5.74) is 14.8. The zero-order chi connectivity index (χ0) is 23.6. The van der Waals surface area contributed by atoms with Gasteiger partial charge in [0.05, 0.1) is 0 Å². The smallest absolute Gasteiger partial charge is 0.251 e. The maximum Gasteiger partial charge on any atom is 0.251 e. The van der Waals surface area contributed by atoms with Crippen LogP contribution < -0.4 is 11.1 Å². The number of fused-ring (bicyclic) bond motifs is 8. The van der Waals surface area contributed by atoms with E-state index in [2.05, 4.69) is 28.5 Å². The average molecular weight is 452 g/mol. The van der Waals surface area contributed by atoms with Crippen molar-refractivity contribution in [3.8, 4) is 11.3 Å². The van der Waals surface area contributed by atoms with Gasteiger partial charge in [-0.05, 0) is 90.6 Å². The van der Waals surface area contributed by atoms with E-state index in [0.717, 1.165) is 50.6 Å². The molecular weight excluding hydrogens is 426 g/mol. The number of benzene rings is 2. The van der Waals surface area contributed by atoms with Crippen LogP contribution in [-0.2, 0) is 11.3 Å². The SMILES string of the molecule is Cc1ccc(-c2ccc3c(c2)C2OC3c3ccc(C(=O)NCc4c(C)cc(N)nc4C)cc32)o1. The summed E-state index contributed by atoms with van der Waals surface area (Å²) in [6.45, 7) is 6.23. The number of furan rings is 1. The maximum atomic E-state index is 13.0. The molecule has 170 valence electrons. The Morgan fingerprint density at radius 2 is 1.68 bits per heavy atom. The molecule has 0 aliphatic carbocycles. The molecule has 2 aromatic heterocycles. The number of nitrogens with two attached hydrogens (primary N) is 1. The fourth-order valence-corrected chi connectivity index (χ4v) is 5.16. The lowest BCUT2D eigenvalue weighted by atomic mass is 9.84. The van der Waals surface area contributed by atoms with E-state index in [4.69, 9.17) is 14.9 Å². The number of hydrogen-bond donors (Lipinski definition) is 2. The first kappa shape index (κ1) is 20.7. The van der Waals surface area contributed by atoms with E-state index in [-0.39, 0.29) is 18.1 Å². The fraction of sp³-hybridized carbons (Fsp3) is 0.214. The third kappa shape index (κ3) is 3.22. The molecule has 2 atom stereocenters. The van der Waals surface area contributed by atoms with E-state index in [9.17, 15) is 4.79 Å². The molecule has 6 nitrogen and oxygen atoms in total. The van der Waals surface area contributed by atoms with Gasteiger partial charge in [0.1, 0.15) is 29.5 Å². The van der Waals surface area contributed by atoms with Crippen molar-refractivity contribution >= 4 is 11.7 Å². The van der Waals surface area contributed by atoms with Crippen LogP contribution in [-0.4, -0.2) is 10.9 Å². The number of aryl methyl sites for hydroxylation is 3. The summed E-state index contributed by atoms with van der Waals surface area (Å²) in [6.07, 6.45) is -0.268. The number of carbonyl (C=O) groups excluding carboxylic acids is 1. The summed E-state index contributed by atoms with van der Waals surface area (Å²) in [5.74, 6) is 2.10. The molecule has 4 heterocycles. The number of aromatic nitrogens is 1. The van der Waals surface area contributed by atoms with Crippen LogP contribution in [0.5, 0.6) is 0 Å². The van der Waals surface area contributed by atoms with Crippen LogP contribution in [0, 0.1) is 20.8 Å². The van der Waals surface area contributed by atoms with E-state index >= 15 is 0 Å². The summed E-state index contributed by atoms with van der Waals surface area (Å²) >= 11 is 0. The molecule has 3 N–H and O–H groups in total. The van der Waals surface area contributed by atoms with Crippen molar-refractivity contribution in [1.82, 2.24) is 10.3 Å². The predicted octanol–water partition coefficient (Wildman–Crippen LogP) is 5.30. The first-order chi connectivity index (χ1) is 16.4. The molecule has 2 aliphatic rings. The molecular formula is C28H25N3O3. The number of carbonyl (C=O) groups is 1. The minimum atomic E-state index is -0.176. The van der Waals surface area contributed by atoms with Crippen molar-refractivity contribution < 1.29 is 13.9 Å². The van der Waals surface area contributed by atoms with Crippen molar-refractivity contribution in [2.45, 2.75) is 39.5 Å². The first-order valence-corrected chi connectivity index (χ1v) is 11.4. The van der Waals surface area contributed by atoms with Gasteiger partial charge in [-0.1, -0.05) is 18.2 Å². The standard InChI is InChI=1S/C28H25N3O3/c1-14-10-25(29)31-16(3)23(14)13-30-28(32)18-6-8-20-22(12-18)27-21-11-17(24-9-4-15(2)33-24)5-7-19(21)26(20)34-27/h4-12,26-27H,13H2,1-3H3,(H2,29,31)(H,30,32). The van der Waals surface area contributed by atoms with Gasteiger partial charge >= 0.3 is 0 Å². The molecule has 0 saturated carbocycles. The average Bonchev–Trinajstić information content (AvgIpc) is 3.51. The number of hydrogen-bond acceptors (Lipinski definition) is 5. The van der Waals surface area contributed by atoms with Crippen molar-refractivity contribution in [1.29, 1.82) is 0 Å². The van der Waals surface area contributed by atoms with Crippen LogP contribution in [0.2, 0.25) is 0 Å². The Morgan fingerprint density at radius 1 is 0.941 bits per heavy atom. The van der Waals surface area contributed by atoms with Gasteiger partial charge in [0.2, 0.25) is 0 Å². The molecule has 0 fully saturated rings. The largest absolute Gasteiger partial charge is 0.461 e. The molecule has 2 bridgehead atoms. The Kier molecular flexibility index (Phi) is 4.61. The van der Waals surface area contributed by atoms with Gasteiger partial charge in [-0.3, -0.25) is 4.79 Å². The second-order valence-electron chi connectivity index (χ2n) is 9.10. The number of pyridine rings is 1. The summed E-state index contributed by atoms with van der Waals surface area (Å²) in [6, 6.07) is 18.0. The van der Waals surface area contributed by atoms with Crippen LogP contribution in [0.3, 0.4) is 0 Å². The minimum Gasteiger partial charge on any atom is -0.461 e. The lowest BCUT2D eigenvalue weighted by Gasteiger charge is -2.17. The third-order valence-electron chi connectivity index (χ3n) is 6.86. The maximum absolute atomic E-state index is 13.0. The molecule has 34 heavy (non-hydrogen) atoms. The van der Waals surface area contributed by atoms with Gasteiger partial charge in [0.25, 0.3) is 5.91 Å². The number of ether oxygens (including phenoxy) is 1. The molecule has 0 radical (unpaired) electrons. The number of amides is 1. The molecule has 0 spiro atoms. The second kappa shape index (κ2) is 7.57. The Bertz CT molecular complexity index is 1450. The highest BCUT2D eigenvalue weighted by molar-refractivity contribution is 5.94. The molecule has 2 unspecified atom stereocenters. The Morgan fingerprint density at radius 3 is 2.41 bits per heavy atom. The highest BCUT2D eigenvalue weighted by Crippen LogP contribution is 2.54. The number of rotatable bonds is 4. The van der Waals surface area contributed by atoms with E-state index < -0.39 is 0 Å². The summed E-state index contributed by atoms with van der Waals surface area (Å²) < 4.78 is 12.1. The van der Waals surface area contributed by atoms with Gasteiger partial charge in [-0.25, -0.2) is 4.98 Å². The molecule has 4 aromatic rings. The van der Waals surface area contributed by atoms with Gasteiger partial charge in [0, 0.05) is 23.4 Å². The Hall–Kier alpha value is -3.90. The molecule has 2 aliphatic heterocycles. The number of anilines is 1. The predicted molar refractivity (Wildman–Crippen MR) is 129 cm³/mol. The van der Waals surface area contributed by atoms with Crippen LogP contribution in [0.25, 0.3) is 11.3 Å². The Balaban J connectivity index is 1.26. The quantitative estimate of drug-likeness (QED) is 0.439. The zero-order valence-electron chi connectivity index (χ0n) is 19.3. The van der Waals surface area contributed by atoms with E-state index in [1.165, 1.54) is 5.56 Å². The highest BCUT2D eigenvalue weighted by Gasteiger charge is 2.43. The molecule has 2 aromatic carbocycles. The van der Waals surface area contributed by atoms with Crippen molar-refractivity contribution in [3.63, 3.8) is 0 Å². The van der Waals surface area contributed by atoms with E-state index in [1.807, 2.05) is 57.2 Å². The highest BCUT2D eigenvalue weighted by atomic mass is 16.5. The van der Waals surface area contributed by atoms with Crippen LogP contribution in [0.15, 0.2) is 59.0 Å². The second-order valence-corrected chi connectivity index (χ2v) is 9.10. The Labute approximate surface area is 197 Å². The number of nitrogen functional groups attached to an aromatic ring is 1. The summed E-state index contributed by atoms with van der Waals surface area (Å²) in [5, 5.41) is 3.03. The number of nitrogens with zero attached hydrogens (tertiary/aromatic N) is 1. The minimum absolute atomic E-state index is 0.0920. The monoisotopic (exact) mass is 451 g/mol. The van der Waals surface area contributed by atoms with Crippen molar-refractivity contribution in [3.05, 3.63) is 105 Å². The van der Waals surface area contributed by atoms with Crippen LogP contribution in [0.4, 0.5) is 5.82 Å². The van der Waals surface area contributed by atoms with Gasteiger partial charge in [0.15, 0.2) is 0 Å². The summed E-state index contributed by atoms with van der Waals surface area (Å²) in [7, 11) is 0. The van der Waals surface area contributed by atoms with E-state index in [1.54, 1.807) is 0 Å². The van der Waals surface area contributed by atoms with Crippen molar-refractivity contribution in [2.24, 2.45) is 0 Å². The lowest BCUT2D eigenvalue weighted by molar-refractivity contribution is 0.0857. The van der Waals surface area contributed by atoms with Crippen LogP contribution in [0.1, 0.15) is 67.4 Å². The molecule has 0 saturated heterocycles. The van der Waals surface area contributed by atoms with E-state index in [0.29, 0.717) is 17.9 Å². The topological polar surface area (TPSA) is 90.4 Å². The molecule has 1 amide bonds. The number of nitrogens with one attached hydrogen (secondary N) is 1. The van der Waals surface area contributed by atoms with Gasteiger partial charge in [-0.15, -0.1) is 0 Å². The lowest BCUT2D eigenvalue weighted by Crippen LogP contribution is -2.24. The van der Waals surface area contributed by atoms with Crippen molar-refractivity contribution in [2.75, 3.05) is 5.73 Å².